The van der Waals surface area contributed by atoms with E-state index in [1.54, 1.807) is 0 Å². The Hall–Kier alpha value is -0.930. The Morgan fingerprint density at radius 1 is 1.54 bits per heavy atom. The Morgan fingerprint density at radius 2 is 2.38 bits per heavy atom. The van der Waals surface area contributed by atoms with E-state index < -0.39 is 0 Å². The van der Waals surface area contributed by atoms with Crippen LogP contribution in [-0.4, -0.2) is 11.5 Å². The lowest BCUT2D eigenvalue weighted by Crippen LogP contribution is -2.14. The Balaban J connectivity index is 2.46. The third-order valence-corrected chi connectivity index (χ3v) is 1.85. The second kappa shape index (κ2) is 5.67. The molecule has 0 amide bonds. The highest BCUT2D eigenvalue weighted by atomic mass is 14.8. The summed E-state index contributed by atoms with van der Waals surface area (Å²) < 4.78 is 0. The molecule has 1 rings (SSSR count). The molecule has 72 valence electrons. The monoisotopic (exact) mass is 179 g/mol. The van der Waals surface area contributed by atoms with Gasteiger partial charge in [-0.05, 0) is 30.7 Å². The van der Waals surface area contributed by atoms with Crippen LogP contribution in [0, 0.1) is 0 Å². The van der Waals surface area contributed by atoms with E-state index in [1.165, 1.54) is 5.56 Å². The van der Waals surface area contributed by atoms with E-state index >= 15 is 0 Å². The summed E-state index contributed by atoms with van der Waals surface area (Å²) in [5, 5.41) is 3.33. The molecular formula is C10H17N3. The van der Waals surface area contributed by atoms with Gasteiger partial charge in [0.15, 0.2) is 0 Å². The zero-order valence-electron chi connectivity index (χ0n) is 8.09. The van der Waals surface area contributed by atoms with E-state index in [0.717, 1.165) is 25.2 Å². The quantitative estimate of drug-likeness (QED) is 0.664. The molecule has 1 aromatic rings. The van der Waals surface area contributed by atoms with E-state index in [-0.39, 0.29) is 0 Å². The van der Waals surface area contributed by atoms with Crippen LogP contribution in [0.3, 0.4) is 0 Å². The molecule has 0 spiro atoms. The predicted octanol–water partition coefficient (Wildman–Crippen LogP) is 1.04. The summed E-state index contributed by atoms with van der Waals surface area (Å²) in [6.07, 6.45) is 2.97. The second-order valence-corrected chi connectivity index (χ2v) is 3.04. The van der Waals surface area contributed by atoms with Gasteiger partial charge in [0.25, 0.3) is 0 Å². The molecule has 0 saturated heterocycles. The number of nitrogens with zero attached hydrogens (tertiary/aromatic N) is 1. The first kappa shape index (κ1) is 10.2. The van der Waals surface area contributed by atoms with Gasteiger partial charge in [0.1, 0.15) is 0 Å². The lowest BCUT2D eigenvalue weighted by atomic mass is 10.2. The molecule has 0 aromatic carbocycles. The van der Waals surface area contributed by atoms with E-state index in [0.29, 0.717) is 6.54 Å². The molecule has 0 radical (unpaired) electrons. The number of hydrogen-bond acceptors (Lipinski definition) is 3. The summed E-state index contributed by atoms with van der Waals surface area (Å²) >= 11 is 0. The molecule has 1 heterocycles. The molecule has 3 nitrogen and oxygen atoms in total. The highest BCUT2D eigenvalue weighted by Crippen LogP contribution is 2.00. The number of nitrogens with two attached hydrogens (primary N) is 1. The summed E-state index contributed by atoms with van der Waals surface area (Å²) in [5.41, 5.74) is 7.70. The van der Waals surface area contributed by atoms with E-state index in [4.69, 9.17) is 5.73 Å². The molecule has 0 unspecified atom stereocenters. The topological polar surface area (TPSA) is 50.9 Å². The largest absolute Gasteiger partial charge is 0.325 e. The maximum absolute atomic E-state index is 5.49. The predicted molar refractivity (Wildman–Crippen MR) is 54.1 cm³/mol. The van der Waals surface area contributed by atoms with Crippen LogP contribution in [0.25, 0.3) is 0 Å². The Kier molecular flexibility index (Phi) is 4.43. The molecule has 0 atom stereocenters. The highest BCUT2D eigenvalue weighted by molar-refractivity contribution is 5.15. The molecule has 13 heavy (non-hydrogen) atoms. The molecule has 0 aliphatic heterocycles. The first-order valence-electron chi connectivity index (χ1n) is 4.71. The second-order valence-electron chi connectivity index (χ2n) is 3.04. The van der Waals surface area contributed by atoms with Crippen LogP contribution in [0.4, 0.5) is 0 Å². The van der Waals surface area contributed by atoms with Gasteiger partial charge in [-0.15, -0.1) is 0 Å². The molecule has 0 aliphatic rings. The van der Waals surface area contributed by atoms with E-state index in [9.17, 15) is 0 Å². The van der Waals surface area contributed by atoms with Crippen molar-refractivity contribution in [2.75, 3.05) is 6.54 Å². The van der Waals surface area contributed by atoms with Crippen molar-refractivity contribution in [3.8, 4) is 0 Å². The Bertz CT molecular complexity index is 248. The van der Waals surface area contributed by atoms with Crippen LogP contribution < -0.4 is 11.1 Å². The fourth-order valence-electron chi connectivity index (χ4n) is 1.16. The van der Waals surface area contributed by atoms with Crippen molar-refractivity contribution in [1.29, 1.82) is 0 Å². The maximum Gasteiger partial charge on any atom is 0.0542 e. The highest BCUT2D eigenvalue weighted by Gasteiger charge is 1.94. The number of rotatable bonds is 5. The van der Waals surface area contributed by atoms with Crippen molar-refractivity contribution in [1.82, 2.24) is 10.3 Å². The minimum Gasteiger partial charge on any atom is -0.325 e. The number of pyridine rings is 1. The third-order valence-electron chi connectivity index (χ3n) is 1.85. The molecule has 1 aromatic heterocycles. The molecule has 0 saturated carbocycles. The lowest BCUT2D eigenvalue weighted by molar-refractivity contribution is 0.674. The molecule has 3 N–H and O–H groups in total. The molecule has 0 aliphatic carbocycles. The molecule has 0 fully saturated rings. The average molecular weight is 179 g/mol. The van der Waals surface area contributed by atoms with Gasteiger partial charge < -0.3 is 11.1 Å². The molecule has 0 bridgehead atoms. The van der Waals surface area contributed by atoms with Crippen molar-refractivity contribution in [2.24, 2.45) is 5.73 Å². The fourth-order valence-corrected chi connectivity index (χ4v) is 1.16. The normalized spacial score (nSPS) is 10.3. The minimum atomic E-state index is 0.515. The van der Waals surface area contributed by atoms with Crippen molar-refractivity contribution >= 4 is 0 Å². The number of hydrogen-bond donors (Lipinski definition) is 2. The minimum absolute atomic E-state index is 0.515. The van der Waals surface area contributed by atoms with E-state index in [1.807, 2.05) is 18.3 Å². The number of aromatic nitrogens is 1. The molecule has 3 heteroatoms. The number of nitrogens with one attached hydrogen (secondary N) is 1. The van der Waals surface area contributed by atoms with Crippen molar-refractivity contribution in [3.63, 3.8) is 0 Å². The lowest BCUT2D eigenvalue weighted by Gasteiger charge is -2.04. The zero-order chi connectivity index (χ0) is 9.52. The van der Waals surface area contributed by atoms with Crippen LogP contribution in [0.2, 0.25) is 0 Å². The van der Waals surface area contributed by atoms with E-state index in [2.05, 4.69) is 17.2 Å². The van der Waals surface area contributed by atoms with Gasteiger partial charge >= 0.3 is 0 Å². The standard InChI is InChI=1S/C10H17N3/c1-2-4-12-8-9-3-5-13-10(6-9)7-11/h3,5-6,12H,2,4,7-8,11H2,1H3. The first-order valence-corrected chi connectivity index (χ1v) is 4.71. The van der Waals surface area contributed by atoms with Gasteiger partial charge in [0.05, 0.1) is 5.69 Å². The Labute approximate surface area is 79.4 Å². The van der Waals surface area contributed by atoms with Crippen LogP contribution in [0.15, 0.2) is 18.3 Å². The third kappa shape index (κ3) is 3.53. The molecular weight excluding hydrogens is 162 g/mol. The Morgan fingerprint density at radius 3 is 3.08 bits per heavy atom. The average Bonchev–Trinajstić information content (AvgIpc) is 2.19. The van der Waals surface area contributed by atoms with Gasteiger partial charge in [0.2, 0.25) is 0 Å². The van der Waals surface area contributed by atoms with Gasteiger partial charge in [0, 0.05) is 19.3 Å². The maximum atomic E-state index is 5.49. The van der Waals surface area contributed by atoms with Gasteiger partial charge in [-0.1, -0.05) is 6.92 Å². The smallest absolute Gasteiger partial charge is 0.0542 e. The van der Waals surface area contributed by atoms with Gasteiger partial charge in [-0.25, -0.2) is 0 Å². The first-order chi connectivity index (χ1) is 6.36. The van der Waals surface area contributed by atoms with Crippen LogP contribution >= 0.6 is 0 Å². The zero-order valence-corrected chi connectivity index (χ0v) is 8.09. The van der Waals surface area contributed by atoms with Crippen molar-refractivity contribution in [2.45, 2.75) is 26.4 Å². The summed E-state index contributed by atoms with van der Waals surface area (Å²) in [6.45, 7) is 4.64. The van der Waals surface area contributed by atoms with Crippen LogP contribution in [0.5, 0.6) is 0 Å². The van der Waals surface area contributed by atoms with Gasteiger partial charge in [-0.2, -0.15) is 0 Å². The summed E-state index contributed by atoms with van der Waals surface area (Å²) in [5.74, 6) is 0. The van der Waals surface area contributed by atoms with Crippen molar-refractivity contribution < 1.29 is 0 Å². The van der Waals surface area contributed by atoms with Crippen LogP contribution in [0.1, 0.15) is 24.6 Å². The van der Waals surface area contributed by atoms with Gasteiger partial charge in [-0.3, -0.25) is 4.98 Å². The fraction of sp³-hybridized carbons (Fsp3) is 0.500. The summed E-state index contributed by atoms with van der Waals surface area (Å²) in [6, 6.07) is 4.06. The van der Waals surface area contributed by atoms with Crippen molar-refractivity contribution in [3.05, 3.63) is 29.6 Å². The summed E-state index contributed by atoms with van der Waals surface area (Å²) in [7, 11) is 0. The van der Waals surface area contributed by atoms with Crippen LogP contribution in [-0.2, 0) is 13.1 Å². The SMILES string of the molecule is CCCNCc1ccnc(CN)c1. The summed E-state index contributed by atoms with van der Waals surface area (Å²) in [4.78, 5) is 4.13.